The highest BCUT2D eigenvalue weighted by atomic mass is 19.3. The van der Waals surface area contributed by atoms with E-state index in [4.69, 9.17) is 0 Å². The Kier molecular flexibility index (Phi) is 7.16. The zero-order valence-corrected chi connectivity index (χ0v) is 15.7. The number of ether oxygens (including phenoxy) is 1. The lowest BCUT2D eigenvalue weighted by atomic mass is 10.1. The molecular weight excluding hydrogens is 378 g/mol. The lowest BCUT2D eigenvalue weighted by Crippen LogP contribution is -2.36. The summed E-state index contributed by atoms with van der Waals surface area (Å²) in [4.78, 5) is 15.9. The average molecular weight is 400 g/mol. The topological polar surface area (TPSA) is 68.2 Å². The molecule has 3 aromatic rings. The zero-order valence-electron chi connectivity index (χ0n) is 15.7. The highest BCUT2D eigenvalue weighted by molar-refractivity contribution is 5.73. The Morgan fingerprint density at radius 3 is 2.34 bits per heavy atom. The van der Waals surface area contributed by atoms with Crippen molar-refractivity contribution < 1.29 is 18.3 Å². The maximum absolute atomic E-state index is 12.1. The molecule has 6 nitrogen and oxygen atoms in total. The third kappa shape index (κ3) is 6.91. The molecule has 0 aliphatic rings. The van der Waals surface area contributed by atoms with Gasteiger partial charge in [-0.05, 0) is 35.2 Å². The number of alkyl halides is 2. The van der Waals surface area contributed by atoms with Gasteiger partial charge in [-0.3, -0.25) is 0 Å². The largest absolute Gasteiger partial charge is 0.435 e. The van der Waals surface area contributed by atoms with Crippen molar-refractivity contribution in [2.75, 3.05) is 6.54 Å². The van der Waals surface area contributed by atoms with E-state index in [1.165, 1.54) is 12.1 Å². The Labute approximate surface area is 167 Å². The van der Waals surface area contributed by atoms with Crippen LogP contribution in [0.15, 0.2) is 67.3 Å². The first kappa shape index (κ1) is 20.3. The first-order chi connectivity index (χ1) is 14.1. The molecule has 0 aliphatic carbocycles. The quantitative estimate of drug-likeness (QED) is 0.577. The van der Waals surface area contributed by atoms with E-state index < -0.39 is 6.61 Å². The lowest BCUT2D eigenvalue weighted by molar-refractivity contribution is -0.0498. The van der Waals surface area contributed by atoms with Crippen LogP contribution >= 0.6 is 0 Å². The minimum absolute atomic E-state index is 0.116. The van der Waals surface area contributed by atoms with E-state index in [1.54, 1.807) is 24.7 Å². The van der Waals surface area contributed by atoms with E-state index in [2.05, 4.69) is 20.4 Å². The number of urea groups is 1. The fourth-order valence-electron chi connectivity index (χ4n) is 2.76. The molecule has 152 valence electrons. The van der Waals surface area contributed by atoms with Crippen molar-refractivity contribution in [2.45, 2.75) is 26.1 Å². The van der Waals surface area contributed by atoms with Crippen molar-refractivity contribution in [3.8, 4) is 5.75 Å². The van der Waals surface area contributed by atoms with Gasteiger partial charge in [0, 0.05) is 32.0 Å². The average Bonchev–Trinajstić information content (AvgIpc) is 3.21. The Hall–Kier alpha value is -3.42. The molecule has 2 aromatic carbocycles. The second-order valence-electron chi connectivity index (χ2n) is 6.43. The summed E-state index contributed by atoms with van der Waals surface area (Å²) in [5.74, 6) is 0.116. The second-order valence-corrected chi connectivity index (χ2v) is 6.43. The highest BCUT2D eigenvalue weighted by Crippen LogP contribution is 2.15. The minimum Gasteiger partial charge on any atom is -0.435 e. The standard InChI is InChI=1S/C21H22F2N4O2/c22-20(23)29-19-7-5-16(6-8-19)9-10-25-21(28)26-13-17-1-3-18(4-2-17)14-27-12-11-24-15-27/h1-8,11-12,15,20H,9-10,13-14H2,(H2,25,26,28). The number of hydrogen-bond donors (Lipinski definition) is 2. The molecule has 0 unspecified atom stereocenters. The van der Waals surface area contributed by atoms with Gasteiger partial charge in [0.2, 0.25) is 0 Å². The second kappa shape index (κ2) is 10.2. The van der Waals surface area contributed by atoms with E-state index in [0.29, 0.717) is 19.5 Å². The fraction of sp³-hybridized carbons (Fsp3) is 0.238. The van der Waals surface area contributed by atoms with Crippen molar-refractivity contribution in [2.24, 2.45) is 0 Å². The predicted octanol–water partition coefficient (Wildman–Crippen LogP) is 3.57. The van der Waals surface area contributed by atoms with Crippen LogP contribution in [-0.4, -0.2) is 28.7 Å². The molecule has 0 saturated carbocycles. The van der Waals surface area contributed by atoms with Crippen molar-refractivity contribution in [3.63, 3.8) is 0 Å². The van der Waals surface area contributed by atoms with Gasteiger partial charge in [-0.2, -0.15) is 8.78 Å². The molecule has 0 saturated heterocycles. The summed E-state index contributed by atoms with van der Waals surface area (Å²) in [6, 6.07) is 14.1. The molecule has 0 fully saturated rings. The van der Waals surface area contributed by atoms with Crippen LogP contribution in [0.1, 0.15) is 16.7 Å². The van der Waals surface area contributed by atoms with Crippen LogP contribution in [0.25, 0.3) is 0 Å². The van der Waals surface area contributed by atoms with Crippen LogP contribution in [0, 0.1) is 0 Å². The molecule has 0 spiro atoms. The van der Waals surface area contributed by atoms with Crippen LogP contribution in [0.4, 0.5) is 13.6 Å². The first-order valence-electron chi connectivity index (χ1n) is 9.17. The number of amides is 2. The number of carbonyl (C=O) groups is 1. The van der Waals surface area contributed by atoms with Gasteiger partial charge in [-0.25, -0.2) is 9.78 Å². The van der Waals surface area contributed by atoms with Gasteiger partial charge in [0.1, 0.15) is 5.75 Å². The van der Waals surface area contributed by atoms with E-state index in [1.807, 2.05) is 35.0 Å². The van der Waals surface area contributed by atoms with Crippen LogP contribution in [-0.2, 0) is 19.5 Å². The Bertz CT molecular complexity index is 882. The molecule has 2 N–H and O–H groups in total. The molecule has 29 heavy (non-hydrogen) atoms. The van der Waals surface area contributed by atoms with Crippen LogP contribution in [0.5, 0.6) is 5.75 Å². The van der Waals surface area contributed by atoms with Gasteiger partial charge in [-0.15, -0.1) is 0 Å². The molecule has 8 heteroatoms. The van der Waals surface area contributed by atoms with Gasteiger partial charge in [0.15, 0.2) is 0 Å². The third-order valence-electron chi connectivity index (χ3n) is 4.25. The maximum Gasteiger partial charge on any atom is 0.387 e. The van der Waals surface area contributed by atoms with Gasteiger partial charge in [0.05, 0.1) is 6.33 Å². The zero-order chi connectivity index (χ0) is 20.5. The number of hydrogen-bond acceptors (Lipinski definition) is 3. The minimum atomic E-state index is -2.83. The highest BCUT2D eigenvalue weighted by Gasteiger charge is 2.04. The number of rotatable bonds is 9. The SMILES string of the molecule is O=C(NCCc1ccc(OC(F)F)cc1)NCc1ccc(Cn2ccnc2)cc1. The number of aromatic nitrogens is 2. The first-order valence-corrected chi connectivity index (χ1v) is 9.17. The Balaban J connectivity index is 1.35. The number of carbonyl (C=O) groups excluding carboxylic acids is 1. The van der Waals surface area contributed by atoms with Gasteiger partial charge in [0.25, 0.3) is 0 Å². The Morgan fingerprint density at radius 2 is 1.69 bits per heavy atom. The summed E-state index contributed by atoms with van der Waals surface area (Å²) >= 11 is 0. The summed E-state index contributed by atoms with van der Waals surface area (Å²) in [5, 5.41) is 5.59. The molecule has 0 aliphatic heterocycles. The van der Waals surface area contributed by atoms with E-state index in [0.717, 1.165) is 23.2 Å². The third-order valence-corrected chi connectivity index (χ3v) is 4.25. The molecule has 0 radical (unpaired) electrons. The van der Waals surface area contributed by atoms with Gasteiger partial charge < -0.3 is 19.9 Å². The normalized spacial score (nSPS) is 10.7. The number of nitrogens with one attached hydrogen (secondary N) is 2. The number of benzene rings is 2. The predicted molar refractivity (Wildman–Crippen MR) is 105 cm³/mol. The lowest BCUT2D eigenvalue weighted by Gasteiger charge is -2.09. The van der Waals surface area contributed by atoms with Crippen molar-refractivity contribution in [3.05, 3.63) is 83.9 Å². The van der Waals surface area contributed by atoms with Crippen LogP contribution < -0.4 is 15.4 Å². The molecule has 1 aromatic heterocycles. The summed E-state index contributed by atoms with van der Waals surface area (Å²) in [6.07, 6.45) is 6.01. The number of halogens is 2. The van der Waals surface area contributed by atoms with Gasteiger partial charge in [-0.1, -0.05) is 36.4 Å². The molecule has 3 rings (SSSR count). The van der Waals surface area contributed by atoms with E-state index in [9.17, 15) is 13.6 Å². The van der Waals surface area contributed by atoms with Crippen molar-refractivity contribution >= 4 is 6.03 Å². The van der Waals surface area contributed by atoms with Crippen LogP contribution in [0.2, 0.25) is 0 Å². The summed E-state index contributed by atoms with van der Waals surface area (Å²) < 4.78 is 30.5. The summed E-state index contributed by atoms with van der Waals surface area (Å²) in [7, 11) is 0. The summed E-state index contributed by atoms with van der Waals surface area (Å²) in [6.45, 7) is -1.22. The molecule has 0 atom stereocenters. The van der Waals surface area contributed by atoms with Crippen LogP contribution in [0.3, 0.4) is 0 Å². The molecule has 2 amide bonds. The molecular formula is C21H22F2N4O2. The monoisotopic (exact) mass is 400 g/mol. The van der Waals surface area contributed by atoms with Gasteiger partial charge >= 0.3 is 12.6 Å². The smallest absolute Gasteiger partial charge is 0.387 e. The van der Waals surface area contributed by atoms with E-state index >= 15 is 0 Å². The number of imidazole rings is 1. The van der Waals surface area contributed by atoms with E-state index in [-0.39, 0.29) is 11.8 Å². The molecule has 1 heterocycles. The summed E-state index contributed by atoms with van der Waals surface area (Å²) in [5.41, 5.74) is 3.07. The van der Waals surface area contributed by atoms with Crippen molar-refractivity contribution in [1.82, 2.24) is 20.2 Å². The fourth-order valence-corrected chi connectivity index (χ4v) is 2.76. The molecule has 0 bridgehead atoms. The Morgan fingerprint density at radius 1 is 1.00 bits per heavy atom. The number of nitrogens with zero attached hydrogens (tertiary/aromatic N) is 2. The maximum atomic E-state index is 12.1. The van der Waals surface area contributed by atoms with Crippen molar-refractivity contribution in [1.29, 1.82) is 0 Å².